The number of aryl methyl sites for hydroxylation is 1. The average Bonchev–Trinajstić information content (AvgIpc) is 2.68. The van der Waals surface area contributed by atoms with Crippen LogP contribution in [-0.4, -0.2) is 40.2 Å². The molecule has 3 N–H and O–H groups in total. The zero-order valence-corrected chi connectivity index (χ0v) is 13.2. The molecule has 20 heavy (non-hydrogen) atoms. The molecule has 0 spiro atoms. The summed E-state index contributed by atoms with van der Waals surface area (Å²) in [5, 5.41) is 7.63. The van der Waals surface area contributed by atoms with Crippen molar-refractivity contribution in [2.45, 2.75) is 40.0 Å². The van der Waals surface area contributed by atoms with E-state index in [2.05, 4.69) is 24.3 Å². The number of rotatable bonds is 7. The van der Waals surface area contributed by atoms with Crippen LogP contribution in [0.2, 0.25) is 0 Å². The largest absolute Gasteiger partial charge is 0.394 e. The third-order valence-corrected chi connectivity index (χ3v) is 3.41. The van der Waals surface area contributed by atoms with Crippen LogP contribution in [0.25, 0.3) is 0 Å². The second kappa shape index (κ2) is 7.17. The lowest BCUT2D eigenvalue weighted by molar-refractivity contribution is -0.130. The molecule has 114 valence electrons. The number of hydrogen-bond donors (Lipinski definition) is 2. The number of aromatic nitrogens is 2. The van der Waals surface area contributed by atoms with E-state index in [1.807, 2.05) is 25.8 Å². The van der Waals surface area contributed by atoms with Gasteiger partial charge in [0.25, 0.3) is 0 Å². The van der Waals surface area contributed by atoms with Crippen molar-refractivity contribution in [2.75, 3.05) is 30.7 Å². The maximum atomic E-state index is 11.9. The van der Waals surface area contributed by atoms with Crippen LogP contribution in [0.4, 0.5) is 11.5 Å². The van der Waals surface area contributed by atoms with Crippen molar-refractivity contribution in [3.63, 3.8) is 0 Å². The molecule has 1 aromatic heterocycles. The SMILES string of the molecule is CCN(CC)C(=O)CCNc1c(N)c(C(C)C)nn1C. The Morgan fingerprint density at radius 2 is 2.00 bits per heavy atom. The molecule has 0 aliphatic rings. The number of carbonyl (C=O) groups excluding carboxylic acids is 1. The molecule has 1 rings (SSSR count). The van der Waals surface area contributed by atoms with Gasteiger partial charge in [0.15, 0.2) is 0 Å². The molecule has 1 heterocycles. The summed E-state index contributed by atoms with van der Waals surface area (Å²) in [6.07, 6.45) is 0.462. The van der Waals surface area contributed by atoms with E-state index in [1.165, 1.54) is 0 Å². The Kier molecular flexibility index (Phi) is 5.85. The van der Waals surface area contributed by atoms with E-state index < -0.39 is 0 Å². The minimum Gasteiger partial charge on any atom is -0.394 e. The van der Waals surface area contributed by atoms with E-state index in [9.17, 15) is 4.79 Å². The number of nitrogens with one attached hydrogen (secondary N) is 1. The summed E-state index contributed by atoms with van der Waals surface area (Å²) >= 11 is 0. The highest BCUT2D eigenvalue weighted by Crippen LogP contribution is 2.27. The standard InChI is InChI=1S/C14H27N5O/c1-6-19(7-2)11(20)8-9-16-14-12(15)13(10(3)4)17-18(14)5/h10,16H,6-9,15H2,1-5H3. The van der Waals surface area contributed by atoms with Crippen LogP contribution in [-0.2, 0) is 11.8 Å². The van der Waals surface area contributed by atoms with E-state index in [0.717, 1.165) is 24.6 Å². The Labute approximate surface area is 121 Å². The molecule has 0 saturated heterocycles. The third-order valence-electron chi connectivity index (χ3n) is 3.41. The van der Waals surface area contributed by atoms with Gasteiger partial charge in [-0.2, -0.15) is 5.10 Å². The molecule has 1 amide bonds. The Morgan fingerprint density at radius 3 is 2.45 bits per heavy atom. The highest BCUT2D eigenvalue weighted by atomic mass is 16.2. The Bertz CT molecular complexity index is 449. The van der Waals surface area contributed by atoms with E-state index in [4.69, 9.17) is 5.73 Å². The summed E-state index contributed by atoms with van der Waals surface area (Å²) in [5.74, 6) is 1.24. The van der Waals surface area contributed by atoms with Crippen LogP contribution >= 0.6 is 0 Å². The van der Waals surface area contributed by atoms with Crippen molar-refractivity contribution in [3.05, 3.63) is 5.69 Å². The molecule has 0 radical (unpaired) electrons. The van der Waals surface area contributed by atoms with Crippen LogP contribution in [0.15, 0.2) is 0 Å². The molecule has 0 aliphatic heterocycles. The number of anilines is 2. The molecule has 0 bridgehead atoms. The van der Waals surface area contributed by atoms with Gasteiger partial charge in [-0.25, -0.2) is 0 Å². The predicted molar refractivity (Wildman–Crippen MR) is 82.7 cm³/mol. The molecule has 1 aromatic rings. The highest BCUT2D eigenvalue weighted by molar-refractivity contribution is 5.77. The van der Waals surface area contributed by atoms with Crippen molar-refractivity contribution < 1.29 is 4.79 Å². The van der Waals surface area contributed by atoms with Gasteiger partial charge in [-0.05, 0) is 19.8 Å². The summed E-state index contributed by atoms with van der Waals surface area (Å²) in [6.45, 7) is 10.2. The second-order valence-corrected chi connectivity index (χ2v) is 5.17. The van der Waals surface area contributed by atoms with E-state index in [-0.39, 0.29) is 11.8 Å². The number of nitrogen functional groups attached to an aromatic ring is 1. The Morgan fingerprint density at radius 1 is 1.40 bits per heavy atom. The third kappa shape index (κ3) is 3.65. The molecule has 0 unspecified atom stereocenters. The van der Waals surface area contributed by atoms with Crippen LogP contribution in [0.5, 0.6) is 0 Å². The quantitative estimate of drug-likeness (QED) is 0.799. The van der Waals surface area contributed by atoms with Crippen LogP contribution in [0.1, 0.15) is 45.7 Å². The van der Waals surface area contributed by atoms with Gasteiger partial charge < -0.3 is 16.0 Å². The number of nitrogens with two attached hydrogens (primary N) is 1. The summed E-state index contributed by atoms with van der Waals surface area (Å²) in [5.41, 5.74) is 7.67. The molecule has 6 nitrogen and oxygen atoms in total. The Balaban J connectivity index is 2.61. The lowest BCUT2D eigenvalue weighted by Crippen LogP contribution is -2.31. The van der Waals surface area contributed by atoms with Crippen LogP contribution < -0.4 is 11.1 Å². The van der Waals surface area contributed by atoms with Crippen molar-refractivity contribution in [1.82, 2.24) is 14.7 Å². The van der Waals surface area contributed by atoms with E-state index >= 15 is 0 Å². The van der Waals surface area contributed by atoms with Crippen molar-refractivity contribution in [1.29, 1.82) is 0 Å². The van der Waals surface area contributed by atoms with E-state index in [1.54, 1.807) is 4.68 Å². The summed E-state index contributed by atoms with van der Waals surface area (Å²) in [7, 11) is 1.86. The molecule has 0 aromatic carbocycles. The monoisotopic (exact) mass is 281 g/mol. The number of nitrogens with zero attached hydrogens (tertiary/aromatic N) is 3. The fraction of sp³-hybridized carbons (Fsp3) is 0.714. The van der Waals surface area contributed by atoms with Gasteiger partial charge in [-0.3, -0.25) is 9.48 Å². The molecule has 0 aliphatic carbocycles. The molecular formula is C14H27N5O. The second-order valence-electron chi connectivity index (χ2n) is 5.17. The lowest BCUT2D eigenvalue weighted by Gasteiger charge is -2.18. The summed E-state index contributed by atoms with van der Waals surface area (Å²) in [6, 6.07) is 0. The zero-order valence-electron chi connectivity index (χ0n) is 13.2. The topological polar surface area (TPSA) is 76.2 Å². The van der Waals surface area contributed by atoms with Crippen LogP contribution in [0, 0.1) is 0 Å². The molecular weight excluding hydrogens is 254 g/mol. The zero-order chi connectivity index (χ0) is 15.3. The normalized spacial score (nSPS) is 10.9. The number of hydrogen-bond acceptors (Lipinski definition) is 4. The summed E-state index contributed by atoms with van der Waals surface area (Å²) < 4.78 is 1.74. The van der Waals surface area contributed by atoms with Crippen molar-refractivity contribution >= 4 is 17.4 Å². The smallest absolute Gasteiger partial charge is 0.224 e. The highest BCUT2D eigenvalue weighted by Gasteiger charge is 2.16. The van der Waals surface area contributed by atoms with Gasteiger partial charge in [0.05, 0.1) is 11.4 Å². The number of amides is 1. The van der Waals surface area contributed by atoms with E-state index in [0.29, 0.717) is 18.7 Å². The first-order valence-corrected chi connectivity index (χ1v) is 7.26. The predicted octanol–water partition coefficient (Wildman–Crippen LogP) is 1.80. The fourth-order valence-electron chi connectivity index (χ4n) is 2.22. The first-order valence-electron chi connectivity index (χ1n) is 7.26. The average molecular weight is 281 g/mol. The minimum absolute atomic E-state index is 0.160. The maximum absolute atomic E-state index is 11.9. The first-order chi connectivity index (χ1) is 9.42. The van der Waals surface area contributed by atoms with Crippen LogP contribution in [0.3, 0.4) is 0 Å². The molecule has 0 saturated carbocycles. The van der Waals surface area contributed by atoms with Gasteiger partial charge in [0.2, 0.25) is 5.91 Å². The Hall–Kier alpha value is -1.72. The molecule has 0 fully saturated rings. The fourth-order valence-corrected chi connectivity index (χ4v) is 2.22. The lowest BCUT2D eigenvalue weighted by atomic mass is 10.1. The van der Waals surface area contributed by atoms with Crippen molar-refractivity contribution in [3.8, 4) is 0 Å². The van der Waals surface area contributed by atoms with Crippen molar-refractivity contribution in [2.24, 2.45) is 7.05 Å². The summed E-state index contributed by atoms with van der Waals surface area (Å²) in [4.78, 5) is 13.7. The molecule has 0 atom stereocenters. The van der Waals surface area contributed by atoms with Gasteiger partial charge >= 0.3 is 0 Å². The number of carbonyl (C=O) groups is 1. The van der Waals surface area contributed by atoms with Gasteiger partial charge in [-0.1, -0.05) is 13.8 Å². The maximum Gasteiger partial charge on any atom is 0.224 e. The van der Waals surface area contributed by atoms with Gasteiger partial charge in [0, 0.05) is 33.1 Å². The molecule has 6 heteroatoms. The minimum atomic E-state index is 0.160. The van der Waals surface area contributed by atoms with Gasteiger partial charge in [0.1, 0.15) is 5.82 Å². The first kappa shape index (κ1) is 16.3. The van der Waals surface area contributed by atoms with Gasteiger partial charge in [-0.15, -0.1) is 0 Å².